The van der Waals surface area contributed by atoms with Crippen LogP contribution >= 0.6 is 0 Å². The summed E-state index contributed by atoms with van der Waals surface area (Å²) in [5, 5.41) is 4.33. The van der Waals surface area contributed by atoms with Gasteiger partial charge >= 0.3 is 0 Å². The van der Waals surface area contributed by atoms with Crippen molar-refractivity contribution in [2.75, 3.05) is 0 Å². The number of aromatic nitrogens is 2. The van der Waals surface area contributed by atoms with E-state index in [-0.39, 0.29) is 17.0 Å². The first-order chi connectivity index (χ1) is 13.1. The second kappa shape index (κ2) is 6.44. The second-order valence-electron chi connectivity index (χ2n) is 7.23. The summed E-state index contributed by atoms with van der Waals surface area (Å²) in [5.74, 6) is 0. The molecule has 1 N–H and O–H groups in total. The van der Waals surface area contributed by atoms with Crippen molar-refractivity contribution < 1.29 is 13.2 Å². The zero-order valence-electron chi connectivity index (χ0n) is 14.8. The Morgan fingerprint density at radius 1 is 1.15 bits per heavy atom. The zero-order chi connectivity index (χ0) is 18.4. The number of hydrogen-bond donors (Lipinski definition) is 1. The van der Waals surface area contributed by atoms with Crippen molar-refractivity contribution in [1.29, 1.82) is 0 Å². The van der Waals surface area contributed by atoms with Crippen LogP contribution in [-0.4, -0.2) is 35.6 Å². The van der Waals surface area contributed by atoms with E-state index in [4.69, 9.17) is 4.74 Å². The van der Waals surface area contributed by atoms with Crippen molar-refractivity contribution in [1.82, 2.24) is 14.3 Å². The van der Waals surface area contributed by atoms with Gasteiger partial charge in [0.2, 0.25) is 0 Å². The summed E-state index contributed by atoms with van der Waals surface area (Å²) in [4.78, 5) is 4.60. The zero-order valence-corrected chi connectivity index (χ0v) is 15.6. The lowest BCUT2D eigenvalue weighted by atomic mass is 9.95. The average Bonchev–Trinajstić information content (AvgIpc) is 3.40. The number of nitrogens with one attached hydrogen (secondary N) is 1. The van der Waals surface area contributed by atoms with Gasteiger partial charge in [0.1, 0.15) is 0 Å². The standard InChI is InChI=1S/C20H21N3O3S/c24-27(25,17-6-2-1-3-7-17)23-15(11-14-5-4-10-21-20(14)23)13-22-18-12-16-8-9-19(18)26-16/h1-7,10-11,16,18-19,22H,8-9,12-13H2/t16-,18-,19+/m1/s1. The minimum atomic E-state index is -3.73. The molecule has 3 atom stereocenters. The molecule has 0 unspecified atom stereocenters. The van der Waals surface area contributed by atoms with Crippen LogP contribution in [0.1, 0.15) is 25.0 Å². The third-order valence-electron chi connectivity index (χ3n) is 5.53. The van der Waals surface area contributed by atoms with Crippen LogP contribution in [0.15, 0.2) is 59.6 Å². The Morgan fingerprint density at radius 3 is 2.74 bits per heavy atom. The maximum absolute atomic E-state index is 13.3. The van der Waals surface area contributed by atoms with Crippen LogP contribution in [0.5, 0.6) is 0 Å². The van der Waals surface area contributed by atoms with Gasteiger partial charge in [0.05, 0.1) is 22.8 Å². The fourth-order valence-corrected chi connectivity index (χ4v) is 5.76. The molecule has 3 aromatic rings. The molecule has 2 aromatic heterocycles. The molecule has 1 aromatic carbocycles. The maximum atomic E-state index is 13.3. The summed E-state index contributed by atoms with van der Waals surface area (Å²) >= 11 is 0. The van der Waals surface area contributed by atoms with Gasteiger partial charge in [-0.15, -0.1) is 0 Å². The van der Waals surface area contributed by atoms with Gasteiger partial charge < -0.3 is 10.1 Å². The molecule has 2 fully saturated rings. The Bertz CT molecular complexity index is 1080. The quantitative estimate of drug-likeness (QED) is 0.733. The minimum Gasteiger partial charge on any atom is -0.373 e. The highest BCUT2D eigenvalue weighted by molar-refractivity contribution is 7.90. The van der Waals surface area contributed by atoms with E-state index in [1.54, 1.807) is 30.5 Å². The molecular weight excluding hydrogens is 362 g/mol. The highest BCUT2D eigenvalue weighted by Crippen LogP contribution is 2.34. The molecular formula is C20H21N3O3S. The minimum absolute atomic E-state index is 0.247. The molecule has 2 bridgehead atoms. The van der Waals surface area contributed by atoms with E-state index in [0.29, 0.717) is 24.0 Å². The number of hydrogen-bond acceptors (Lipinski definition) is 5. The molecule has 27 heavy (non-hydrogen) atoms. The smallest absolute Gasteiger partial charge is 0.269 e. The van der Waals surface area contributed by atoms with Gasteiger partial charge in [-0.3, -0.25) is 0 Å². The van der Waals surface area contributed by atoms with E-state index in [1.165, 1.54) is 3.97 Å². The van der Waals surface area contributed by atoms with Crippen molar-refractivity contribution in [3.05, 3.63) is 60.4 Å². The first-order valence-electron chi connectivity index (χ1n) is 9.28. The molecule has 0 saturated carbocycles. The Morgan fingerprint density at radius 2 is 2.00 bits per heavy atom. The normalized spacial score (nSPS) is 24.7. The first-order valence-corrected chi connectivity index (χ1v) is 10.7. The molecule has 4 heterocycles. The van der Waals surface area contributed by atoms with Gasteiger partial charge in [0, 0.05) is 24.2 Å². The van der Waals surface area contributed by atoms with Crippen LogP contribution in [-0.2, 0) is 21.3 Å². The highest BCUT2D eigenvalue weighted by Gasteiger charge is 2.40. The molecule has 5 rings (SSSR count). The molecule has 2 saturated heterocycles. The number of benzene rings is 1. The number of fused-ring (bicyclic) bond motifs is 3. The summed E-state index contributed by atoms with van der Waals surface area (Å²) in [6.07, 6.45) is 5.43. The predicted octanol–water partition coefficient (Wildman–Crippen LogP) is 2.68. The van der Waals surface area contributed by atoms with Crippen molar-refractivity contribution in [3.63, 3.8) is 0 Å². The van der Waals surface area contributed by atoms with Gasteiger partial charge in [-0.05, 0) is 49.6 Å². The summed E-state index contributed by atoms with van der Waals surface area (Å²) in [5.41, 5.74) is 1.15. The van der Waals surface area contributed by atoms with Crippen molar-refractivity contribution in [2.45, 2.75) is 49.0 Å². The summed E-state index contributed by atoms with van der Waals surface area (Å²) in [6.45, 7) is 0.458. The average molecular weight is 383 g/mol. The Kier molecular flexibility index (Phi) is 4.03. The van der Waals surface area contributed by atoms with Crippen molar-refractivity contribution >= 4 is 21.1 Å². The van der Waals surface area contributed by atoms with Crippen molar-refractivity contribution in [3.8, 4) is 0 Å². The lowest BCUT2D eigenvalue weighted by Gasteiger charge is -2.20. The molecule has 7 heteroatoms. The molecule has 0 aliphatic carbocycles. The van der Waals surface area contributed by atoms with Crippen LogP contribution in [0.2, 0.25) is 0 Å². The van der Waals surface area contributed by atoms with Gasteiger partial charge in [-0.25, -0.2) is 17.4 Å². The van der Waals surface area contributed by atoms with Gasteiger partial charge in [0.15, 0.2) is 5.65 Å². The molecule has 2 aliphatic heterocycles. The number of pyridine rings is 1. The Balaban J connectivity index is 1.53. The van der Waals surface area contributed by atoms with Gasteiger partial charge in [-0.2, -0.15) is 0 Å². The van der Waals surface area contributed by atoms with Crippen molar-refractivity contribution in [2.24, 2.45) is 0 Å². The van der Waals surface area contributed by atoms with E-state index >= 15 is 0 Å². The third-order valence-corrected chi connectivity index (χ3v) is 7.28. The first kappa shape index (κ1) is 16.9. The third kappa shape index (κ3) is 2.86. The predicted molar refractivity (Wildman–Crippen MR) is 102 cm³/mol. The molecule has 0 spiro atoms. The van der Waals surface area contributed by atoms with E-state index < -0.39 is 10.0 Å². The molecule has 0 amide bonds. The van der Waals surface area contributed by atoms with E-state index in [1.807, 2.05) is 24.3 Å². The van der Waals surface area contributed by atoms with Crippen LogP contribution in [0.25, 0.3) is 11.0 Å². The Hall–Kier alpha value is -2.22. The fraction of sp³-hybridized carbons (Fsp3) is 0.350. The van der Waals surface area contributed by atoms with E-state index in [0.717, 1.165) is 24.6 Å². The molecule has 2 aliphatic rings. The van der Waals surface area contributed by atoms with Crippen LogP contribution in [0.3, 0.4) is 0 Å². The summed E-state index contributed by atoms with van der Waals surface area (Å²) < 4.78 is 33.9. The van der Waals surface area contributed by atoms with Crippen LogP contribution < -0.4 is 5.32 Å². The SMILES string of the molecule is O=S(=O)(c1ccccc1)n1c(CN[C@@H]2C[C@H]3CC[C@@H]2O3)cc2cccnc21. The summed E-state index contributed by atoms with van der Waals surface area (Å²) in [6, 6.07) is 14.4. The maximum Gasteiger partial charge on any atom is 0.269 e. The fourth-order valence-electron chi connectivity index (χ4n) is 4.24. The van der Waals surface area contributed by atoms with Crippen LogP contribution in [0, 0.1) is 0 Å². The highest BCUT2D eigenvalue weighted by atomic mass is 32.2. The largest absolute Gasteiger partial charge is 0.373 e. The second-order valence-corrected chi connectivity index (χ2v) is 9.02. The molecule has 6 nitrogen and oxygen atoms in total. The molecule has 0 radical (unpaired) electrons. The van der Waals surface area contributed by atoms with E-state index in [9.17, 15) is 8.42 Å². The Labute approximate surface area is 158 Å². The van der Waals surface area contributed by atoms with Gasteiger partial charge in [-0.1, -0.05) is 18.2 Å². The van der Waals surface area contributed by atoms with E-state index in [2.05, 4.69) is 10.3 Å². The lowest BCUT2D eigenvalue weighted by Crippen LogP contribution is -2.37. The van der Waals surface area contributed by atoms with Crippen LogP contribution in [0.4, 0.5) is 0 Å². The van der Waals surface area contributed by atoms with Gasteiger partial charge in [0.25, 0.3) is 10.0 Å². The number of rotatable bonds is 5. The molecule has 140 valence electrons. The monoisotopic (exact) mass is 383 g/mol. The lowest BCUT2D eigenvalue weighted by molar-refractivity contribution is 0.0972. The number of ether oxygens (including phenoxy) is 1. The number of nitrogens with zero attached hydrogens (tertiary/aromatic N) is 2. The topological polar surface area (TPSA) is 73.2 Å². The summed E-state index contributed by atoms with van der Waals surface area (Å²) in [7, 11) is -3.73.